The van der Waals surface area contributed by atoms with Crippen molar-refractivity contribution < 1.29 is 17.9 Å². The number of rotatable bonds is 7. The molecule has 2 N–H and O–H groups in total. The molecule has 25 heavy (non-hydrogen) atoms. The summed E-state index contributed by atoms with van der Waals surface area (Å²) in [6.45, 7) is 3.48. The van der Waals surface area contributed by atoms with Crippen molar-refractivity contribution in [3.05, 3.63) is 54.1 Å². The van der Waals surface area contributed by atoms with E-state index in [1.165, 1.54) is 25.3 Å². The van der Waals surface area contributed by atoms with E-state index in [2.05, 4.69) is 10.0 Å². The minimum Gasteiger partial charge on any atom is -0.495 e. The van der Waals surface area contributed by atoms with Gasteiger partial charge in [0.05, 0.1) is 24.1 Å². The van der Waals surface area contributed by atoms with Gasteiger partial charge in [-0.3, -0.25) is 4.79 Å². The van der Waals surface area contributed by atoms with E-state index in [-0.39, 0.29) is 23.3 Å². The lowest BCUT2D eigenvalue weighted by molar-refractivity contribution is -0.115. The molecule has 7 heteroatoms. The summed E-state index contributed by atoms with van der Waals surface area (Å²) >= 11 is 0. The molecule has 0 bridgehead atoms. The molecule has 0 spiro atoms. The molecule has 0 aromatic heterocycles. The number of hydrogen-bond donors (Lipinski definition) is 2. The topological polar surface area (TPSA) is 84.5 Å². The van der Waals surface area contributed by atoms with Gasteiger partial charge >= 0.3 is 0 Å². The third kappa shape index (κ3) is 5.30. The average Bonchev–Trinajstić information content (AvgIpc) is 2.54. The predicted octanol–water partition coefficient (Wildman–Crippen LogP) is 2.56. The summed E-state index contributed by atoms with van der Waals surface area (Å²) in [5.74, 6) is 0.140. The van der Waals surface area contributed by atoms with Crippen LogP contribution in [0, 0.1) is 0 Å². The Bertz CT molecular complexity index is 833. The lowest BCUT2D eigenvalue weighted by Gasteiger charge is -2.14. The van der Waals surface area contributed by atoms with E-state index in [1.54, 1.807) is 13.8 Å². The summed E-state index contributed by atoms with van der Waals surface area (Å²) in [6.07, 6.45) is 0.186. The zero-order chi connectivity index (χ0) is 18.4. The van der Waals surface area contributed by atoms with Crippen molar-refractivity contribution in [3.63, 3.8) is 0 Å². The van der Waals surface area contributed by atoms with Gasteiger partial charge < -0.3 is 10.1 Å². The first kappa shape index (κ1) is 19.0. The number of amides is 1. The Kier molecular flexibility index (Phi) is 6.17. The molecule has 134 valence electrons. The van der Waals surface area contributed by atoms with Gasteiger partial charge in [0.25, 0.3) is 0 Å². The lowest BCUT2D eigenvalue weighted by Crippen LogP contribution is -2.30. The quantitative estimate of drug-likeness (QED) is 0.793. The number of nitrogens with one attached hydrogen (secondary N) is 2. The normalized spacial score (nSPS) is 11.4. The van der Waals surface area contributed by atoms with E-state index < -0.39 is 10.0 Å². The minimum atomic E-state index is -3.66. The SMILES string of the molecule is COc1ccc(S(=O)(=O)NC(C)C)cc1NC(=O)Cc1ccccc1. The molecular weight excluding hydrogens is 340 g/mol. The number of sulfonamides is 1. The molecule has 0 unspecified atom stereocenters. The second kappa shape index (κ2) is 8.13. The van der Waals surface area contributed by atoms with Gasteiger partial charge in [-0.2, -0.15) is 0 Å². The fourth-order valence-electron chi connectivity index (χ4n) is 2.31. The molecule has 2 aromatic rings. The van der Waals surface area contributed by atoms with Crippen molar-refractivity contribution in [2.24, 2.45) is 0 Å². The van der Waals surface area contributed by atoms with E-state index >= 15 is 0 Å². The Balaban J connectivity index is 2.24. The Labute approximate surface area is 148 Å². The largest absolute Gasteiger partial charge is 0.495 e. The van der Waals surface area contributed by atoms with Crippen LogP contribution in [-0.2, 0) is 21.2 Å². The van der Waals surface area contributed by atoms with Crippen LogP contribution in [0.25, 0.3) is 0 Å². The van der Waals surface area contributed by atoms with E-state index in [0.717, 1.165) is 5.56 Å². The van der Waals surface area contributed by atoms with Crippen molar-refractivity contribution >= 4 is 21.6 Å². The highest BCUT2D eigenvalue weighted by Gasteiger charge is 2.18. The molecule has 0 aliphatic rings. The summed E-state index contributed by atoms with van der Waals surface area (Å²) in [7, 11) is -2.20. The molecule has 0 atom stereocenters. The minimum absolute atomic E-state index is 0.0667. The Morgan fingerprint density at radius 1 is 1.12 bits per heavy atom. The van der Waals surface area contributed by atoms with Crippen LogP contribution in [0.1, 0.15) is 19.4 Å². The Hall–Kier alpha value is -2.38. The zero-order valence-corrected chi connectivity index (χ0v) is 15.3. The smallest absolute Gasteiger partial charge is 0.240 e. The maximum Gasteiger partial charge on any atom is 0.240 e. The van der Waals surface area contributed by atoms with E-state index in [0.29, 0.717) is 11.4 Å². The van der Waals surface area contributed by atoms with Gasteiger partial charge in [-0.05, 0) is 37.6 Å². The second-order valence-corrected chi connectivity index (χ2v) is 7.56. The van der Waals surface area contributed by atoms with Crippen LogP contribution in [0.2, 0.25) is 0 Å². The Morgan fingerprint density at radius 2 is 1.80 bits per heavy atom. The maximum atomic E-state index is 12.3. The van der Waals surface area contributed by atoms with Crippen molar-refractivity contribution in [3.8, 4) is 5.75 Å². The number of ether oxygens (including phenoxy) is 1. The monoisotopic (exact) mass is 362 g/mol. The van der Waals surface area contributed by atoms with Gasteiger partial charge in [0.2, 0.25) is 15.9 Å². The highest BCUT2D eigenvalue weighted by atomic mass is 32.2. The summed E-state index contributed by atoms with van der Waals surface area (Å²) in [4.78, 5) is 12.3. The number of hydrogen-bond acceptors (Lipinski definition) is 4. The molecule has 1 amide bonds. The van der Waals surface area contributed by atoms with Gasteiger partial charge in [0.15, 0.2) is 0 Å². The van der Waals surface area contributed by atoms with Crippen LogP contribution >= 0.6 is 0 Å². The summed E-state index contributed by atoms with van der Waals surface area (Å²) in [6, 6.07) is 13.4. The molecule has 2 rings (SSSR count). The van der Waals surface area contributed by atoms with Gasteiger partial charge in [-0.25, -0.2) is 13.1 Å². The second-order valence-electron chi connectivity index (χ2n) is 5.85. The van der Waals surface area contributed by atoms with E-state index in [1.807, 2.05) is 30.3 Å². The molecule has 0 saturated carbocycles. The predicted molar refractivity (Wildman–Crippen MR) is 97.2 cm³/mol. The van der Waals surface area contributed by atoms with E-state index in [4.69, 9.17) is 4.74 Å². The van der Waals surface area contributed by atoms with Crippen LogP contribution < -0.4 is 14.8 Å². The van der Waals surface area contributed by atoms with Crippen molar-refractivity contribution in [1.82, 2.24) is 4.72 Å². The number of anilines is 1. The molecule has 2 aromatic carbocycles. The van der Waals surface area contributed by atoms with Crippen molar-refractivity contribution in [2.45, 2.75) is 31.2 Å². The van der Waals surface area contributed by atoms with Crippen LogP contribution in [0.5, 0.6) is 5.75 Å². The fraction of sp³-hybridized carbons (Fsp3) is 0.278. The highest BCUT2D eigenvalue weighted by molar-refractivity contribution is 7.89. The average molecular weight is 362 g/mol. The summed E-state index contributed by atoms with van der Waals surface area (Å²) < 4.78 is 32.3. The van der Waals surface area contributed by atoms with Crippen LogP contribution in [0.15, 0.2) is 53.4 Å². The maximum absolute atomic E-state index is 12.3. The van der Waals surface area contributed by atoms with Crippen molar-refractivity contribution in [2.75, 3.05) is 12.4 Å². The molecule has 0 heterocycles. The molecule has 0 radical (unpaired) electrons. The van der Waals surface area contributed by atoms with Gasteiger partial charge in [0.1, 0.15) is 5.75 Å². The molecule has 0 fully saturated rings. The molecular formula is C18H22N2O4S. The number of carbonyl (C=O) groups excluding carboxylic acids is 1. The third-order valence-electron chi connectivity index (χ3n) is 3.35. The van der Waals surface area contributed by atoms with Crippen LogP contribution in [0.4, 0.5) is 5.69 Å². The number of carbonyl (C=O) groups is 1. The van der Waals surface area contributed by atoms with Gasteiger partial charge in [-0.15, -0.1) is 0 Å². The summed E-state index contributed by atoms with van der Waals surface area (Å²) in [5, 5.41) is 2.72. The number of benzene rings is 2. The number of methoxy groups -OCH3 is 1. The van der Waals surface area contributed by atoms with Gasteiger partial charge in [-0.1, -0.05) is 30.3 Å². The Morgan fingerprint density at radius 3 is 2.40 bits per heavy atom. The molecule has 6 nitrogen and oxygen atoms in total. The zero-order valence-electron chi connectivity index (χ0n) is 14.4. The molecule has 0 aliphatic carbocycles. The van der Waals surface area contributed by atoms with Gasteiger partial charge in [0, 0.05) is 6.04 Å². The fourth-order valence-corrected chi connectivity index (χ4v) is 3.58. The molecule has 0 saturated heterocycles. The highest BCUT2D eigenvalue weighted by Crippen LogP contribution is 2.27. The van der Waals surface area contributed by atoms with E-state index in [9.17, 15) is 13.2 Å². The first-order valence-electron chi connectivity index (χ1n) is 7.86. The first-order chi connectivity index (χ1) is 11.8. The third-order valence-corrected chi connectivity index (χ3v) is 5.01. The lowest BCUT2D eigenvalue weighted by atomic mass is 10.1. The van der Waals surface area contributed by atoms with Crippen LogP contribution in [-0.4, -0.2) is 27.5 Å². The standard InChI is InChI=1S/C18H22N2O4S/c1-13(2)20-25(22,23)15-9-10-17(24-3)16(12-15)19-18(21)11-14-7-5-4-6-8-14/h4-10,12-13,20H,11H2,1-3H3,(H,19,21). The van der Waals surface area contributed by atoms with Crippen LogP contribution in [0.3, 0.4) is 0 Å². The summed E-state index contributed by atoms with van der Waals surface area (Å²) in [5.41, 5.74) is 1.18. The first-order valence-corrected chi connectivity index (χ1v) is 9.34. The van der Waals surface area contributed by atoms with Crippen molar-refractivity contribution in [1.29, 1.82) is 0 Å². The molecule has 0 aliphatic heterocycles.